The molecule has 4 unspecified atom stereocenters. The van der Waals surface area contributed by atoms with Gasteiger partial charge in [-0.1, -0.05) is 71.1 Å². The number of esters is 1. The molecule has 1 saturated carbocycles. The number of nitrogens with zero attached hydrogens (tertiary/aromatic N) is 1. The van der Waals surface area contributed by atoms with Crippen molar-refractivity contribution in [3.8, 4) is 0 Å². The summed E-state index contributed by atoms with van der Waals surface area (Å²) in [6.45, 7) is 15.9. The SMILES string of the molecule is CO[C@H]1C[C@@H]2CC[C@@H](C)[C@@](O)(O2)C(=O)C(=O)N2CCCC[C@H]2C(=O)OC([C@H](C)CC2CCC(OP(C)(C)=O)[C@H](OC)C2)CC(=O)C(C)=CC(C)[C@@H](O)[C@@H](OC)C(=O)[C@H](C)C[C@H](C)C=CC=CC=C1C. The van der Waals surface area contributed by atoms with Crippen molar-refractivity contribution in [2.75, 3.05) is 41.2 Å². The predicted octanol–water partition coefficient (Wildman–Crippen LogP) is 7.74. The first-order chi connectivity index (χ1) is 32.4. The van der Waals surface area contributed by atoms with E-state index in [1.54, 1.807) is 54.4 Å². The molecule has 3 heterocycles. The number of carbonyl (C=O) groups is 5. The lowest BCUT2D eigenvalue weighted by atomic mass is 9.78. The molecule has 4 aliphatic rings. The van der Waals surface area contributed by atoms with Gasteiger partial charge in [-0.05, 0) is 107 Å². The second-order valence-corrected chi connectivity index (χ2v) is 23.6. The molecule has 2 N–H and O–H groups in total. The van der Waals surface area contributed by atoms with Gasteiger partial charge in [-0.15, -0.1) is 0 Å². The molecule has 15 nitrogen and oxygen atoms in total. The largest absolute Gasteiger partial charge is 0.460 e. The van der Waals surface area contributed by atoms with Crippen molar-refractivity contribution in [1.82, 2.24) is 4.90 Å². The van der Waals surface area contributed by atoms with Crippen molar-refractivity contribution < 1.29 is 67.0 Å². The molecule has 16 heteroatoms. The average Bonchev–Trinajstić information content (AvgIpc) is 3.30. The monoisotopic (exact) mass is 990 g/mol. The number of fused-ring (bicyclic) bond motifs is 3. The summed E-state index contributed by atoms with van der Waals surface area (Å²) >= 11 is 0. The fourth-order valence-electron chi connectivity index (χ4n) is 10.6. The van der Waals surface area contributed by atoms with Gasteiger partial charge in [-0.2, -0.15) is 0 Å². The number of ketones is 3. The second-order valence-electron chi connectivity index (χ2n) is 20.9. The van der Waals surface area contributed by atoms with Crippen molar-refractivity contribution in [2.24, 2.45) is 35.5 Å². The van der Waals surface area contributed by atoms with Crippen LogP contribution in [-0.2, 0) is 56.7 Å². The van der Waals surface area contributed by atoms with E-state index in [0.717, 1.165) is 12.0 Å². The van der Waals surface area contributed by atoms with Crippen LogP contribution in [-0.4, -0.2) is 140 Å². The summed E-state index contributed by atoms with van der Waals surface area (Å²) in [6, 6.07) is -1.16. The molecule has 0 spiro atoms. The van der Waals surface area contributed by atoms with Crippen molar-refractivity contribution in [3.05, 3.63) is 47.6 Å². The van der Waals surface area contributed by atoms with E-state index in [1.165, 1.54) is 12.0 Å². The number of cyclic esters (lactones) is 1. The van der Waals surface area contributed by atoms with Gasteiger partial charge in [-0.3, -0.25) is 23.7 Å². The third-order valence-corrected chi connectivity index (χ3v) is 15.6. The first-order valence-corrected chi connectivity index (χ1v) is 27.7. The number of hydrogen-bond acceptors (Lipinski definition) is 14. The van der Waals surface area contributed by atoms with Gasteiger partial charge in [-0.25, -0.2) is 4.79 Å². The Kier molecular flexibility index (Phi) is 22.5. The summed E-state index contributed by atoms with van der Waals surface area (Å²) in [5.74, 6) is -8.08. The summed E-state index contributed by atoms with van der Waals surface area (Å²) in [5.41, 5.74) is 1.18. The molecular formula is C53H84NO14P. The Hall–Kier alpha value is -3.14. The lowest BCUT2D eigenvalue weighted by Gasteiger charge is -2.42. The summed E-state index contributed by atoms with van der Waals surface area (Å²) < 4.78 is 48.2. The molecule has 3 fully saturated rings. The standard InChI is InChI=1S/C53H84NO14P/c1-32-18-14-13-15-19-33(2)44(63-8)30-40-23-21-38(7)53(61,67-40)50(58)51(59)54-25-17-16-20-41(54)52(60)66-45(35(4)28-39-22-24-43(46(29-39)64-9)68-69(11,12)62)31-42(55)34(3)27-37(6)48(57)49(65-10)47(56)36(5)26-32/h13-15,18-19,27,32,35-41,43-46,48-49,57,61H,16-17,20-26,28-31H2,1-12H3/t32-,35-,36-,37?,38-,39?,40+,41+,43?,44+,45?,46-,48-,49+,53-/m1/s1. The maximum atomic E-state index is 14.5. The summed E-state index contributed by atoms with van der Waals surface area (Å²) in [5, 5.41) is 23.5. The van der Waals surface area contributed by atoms with Crippen LogP contribution in [0.5, 0.6) is 0 Å². The number of amides is 1. The van der Waals surface area contributed by atoms with Crippen molar-refractivity contribution in [1.29, 1.82) is 0 Å². The highest BCUT2D eigenvalue weighted by molar-refractivity contribution is 7.57. The van der Waals surface area contributed by atoms with Gasteiger partial charge in [0, 0.05) is 71.8 Å². The Morgan fingerprint density at radius 1 is 0.870 bits per heavy atom. The number of piperidine rings is 1. The number of hydrogen-bond donors (Lipinski definition) is 2. The smallest absolute Gasteiger partial charge is 0.329 e. The van der Waals surface area contributed by atoms with Gasteiger partial charge >= 0.3 is 5.97 Å². The molecular weight excluding hydrogens is 906 g/mol. The number of rotatable bonds is 8. The summed E-state index contributed by atoms with van der Waals surface area (Å²) in [4.78, 5) is 72.2. The molecule has 0 aromatic rings. The van der Waals surface area contributed by atoms with E-state index in [9.17, 15) is 38.8 Å². The summed E-state index contributed by atoms with van der Waals surface area (Å²) in [6.07, 6.45) is 11.4. The fourth-order valence-corrected chi connectivity index (χ4v) is 11.5. The van der Waals surface area contributed by atoms with Gasteiger partial charge in [0.2, 0.25) is 5.79 Å². The maximum absolute atomic E-state index is 14.5. The Labute approximate surface area is 411 Å². The van der Waals surface area contributed by atoms with E-state index in [-0.39, 0.29) is 60.9 Å². The highest BCUT2D eigenvalue weighted by Crippen LogP contribution is 2.45. The van der Waals surface area contributed by atoms with Crippen LogP contribution >= 0.6 is 7.37 Å². The van der Waals surface area contributed by atoms with Gasteiger partial charge in [0.15, 0.2) is 18.9 Å². The van der Waals surface area contributed by atoms with Crippen LogP contribution in [0.15, 0.2) is 47.6 Å². The van der Waals surface area contributed by atoms with Gasteiger partial charge < -0.3 is 43.3 Å². The predicted molar refractivity (Wildman–Crippen MR) is 263 cm³/mol. The number of allylic oxidation sites excluding steroid dienone is 6. The zero-order chi connectivity index (χ0) is 51.4. The van der Waals surface area contributed by atoms with Crippen LogP contribution in [0.4, 0.5) is 0 Å². The van der Waals surface area contributed by atoms with Crippen LogP contribution in [0.2, 0.25) is 0 Å². The van der Waals surface area contributed by atoms with Gasteiger partial charge in [0.05, 0.1) is 30.5 Å². The molecule has 1 aliphatic carbocycles. The van der Waals surface area contributed by atoms with E-state index in [2.05, 4.69) is 0 Å². The minimum atomic E-state index is -2.79. The molecule has 2 bridgehead atoms. The van der Waals surface area contributed by atoms with Crippen LogP contribution in [0.3, 0.4) is 0 Å². The number of carbonyl (C=O) groups excluding carboxylic acids is 5. The van der Waals surface area contributed by atoms with Gasteiger partial charge in [0.1, 0.15) is 18.2 Å². The molecule has 4 rings (SSSR count). The molecule has 0 aromatic carbocycles. The molecule has 0 aromatic heterocycles. The lowest BCUT2D eigenvalue weighted by molar-refractivity contribution is -0.265. The Morgan fingerprint density at radius 2 is 1.58 bits per heavy atom. The molecule has 2 saturated heterocycles. The average molecular weight is 990 g/mol. The lowest BCUT2D eigenvalue weighted by Crippen LogP contribution is -2.61. The third kappa shape index (κ3) is 16.2. The van der Waals surface area contributed by atoms with Crippen molar-refractivity contribution in [2.45, 2.75) is 180 Å². The topological polar surface area (TPSA) is 201 Å². The quantitative estimate of drug-likeness (QED) is 0.136. The van der Waals surface area contributed by atoms with Crippen molar-refractivity contribution >= 4 is 36.6 Å². The van der Waals surface area contributed by atoms with Crippen LogP contribution < -0.4 is 0 Å². The van der Waals surface area contributed by atoms with E-state index in [1.807, 2.05) is 58.1 Å². The number of Topliss-reactive ketones (excluding diaryl/α,β-unsaturated/α-hetero) is 3. The van der Waals surface area contributed by atoms with Crippen LogP contribution in [0.1, 0.15) is 126 Å². The zero-order valence-electron chi connectivity index (χ0n) is 43.4. The van der Waals surface area contributed by atoms with Crippen LogP contribution in [0, 0.1) is 35.5 Å². The molecule has 3 aliphatic heterocycles. The Bertz CT molecular complexity index is 1940. The zero-order valence-corrected chi connectivity index (χ0v) is 44.3. The number of aliphatic hydroxyl groups excluding tert-OH is 1. The second kappa shape index (κ2) is 26.5. The van der Waals surface area contributed by atoms with Gasteiger partial charge in [0.25, 0.3) is 11.7 Å². The highest BCUT2D eigenvalue weighted by Gasteiger charge is 2.53. The first kappa shape index (κ1) is 58.4. The minimum Gasteiger partial charge on any atom is -0.460 e. The molecule has 69 heavy (non-hydrogen) atoms. The van der Waals surface area contributed by atoms with E-state index in [4.69, 9.17) is 28.2 Å². The van der Waals surface area contributed by atoms with Crippen LogP contribution in [0.25, 0.3) is 0 Å². The fraction of sp³-hybridized carbons (Fsp3) is 0.755. The Balaban J connectivity index is 1.70. The molecule has 0 radical (unpaired) electrons. The molecule has 1 amide bonds. The highest BCUT2D eigenvalue weighted by atomic mass is 31.2. The number of ether oxygens (including phenoxy) is 5. The normalized spacial score (nSPS) is 36.6. The summed E-state index contributed by atoms with van der Waals surface area (Å²) in [7, 11) is 1.76. The molecule has 15 atom stereocenters. The minimum absolute atomic E-state index is 0.0144. The van der Waals surface area contributed by atoms with E-state index >= 15 is 0 Å². The Morgan fingerprint density at radius 3 is 2.23 bits per heavy atom. The third-order valence-electron chi connectivity index (χ3n) is 14.9. The first-order valence-electron chi connectivity index (χ1n) is 25.2. The van der Waals surface area contributed by atoms with E-state index in [0.29, 0.717) is 63.4 Å². The van der Waals surface area contributed by atoms with Crippen molar-refractivity contribution in [3.63, 3.8) is 0 Å². The molecule has 390 valence electrons. The number of aliphatic hydroxyl groups is 2. The number of methoxy groups -OCH3 is 3. The maximum Gasteiger partial charge on any atom is 0.329 e. The van der Waals surface area contributed by atoms with E-state index < -0.39 is 85.1 Å².